The van der Waals surface area contributed by atoms with Gasteiger partial charge in [-0.15, -0.1) is 0 Å². The molecule has 1 saturated carbocycles. The Balaban J connectivity index is 1.45. The zero-order valence-corrected chi connectivity index (χ0v) is 14.1. The molecule has 2 aliphatic rings. The van der Waals surface area contributed by atoms with Gasteiger partial charge in [-0.1, -0.05) is 22.0 Å². The lowest BCUT2D eigenvalue weighted by Gasteiger charge is -2.40. The number of amides is 1. The van der Waals surface area contributed by atoms with Gasteiger partial charge in [0.05, 0.1) is 17.6 Å². The SMILES string of the molecule is N#Cc1ccc(CCC(=O)N2CC([C@@H]3C[C@H]3C(=O)O)C2)c(Br)c1. The summed E-state index contributed by atoms with van der Waals surface area (Å²) in [4.78, 5) is 24.9. The van der Waals surface area contributed by atoms with E-state index in [9.17, 15) is 9.59 Å². The van der Waals surface area contributed by atoms with Crippen molar-refractivity contribution >= 4 is 27.8 Å². The number of nitriles is 1. The van der Waals surface area contributed by atoms with E-state index in [1.54, 1.807) is 12.1 Å². The maximum absolute atomic E-state index is 12.2. The van der Waals surface area contributed by atoms with Crippen molar-refractivity contribution < 1.29 is 14.7 Å². The third-order valence-corrected chi connectivity index (χ3v) is 5.55. The molecule has 1 amide bonds. The number of halogens is 1. The number of hydrogen-bond donors (Lipinski definition) is 1. The number of benzene rings is 1. The largest absolute Gasteiger partial charge is 0.481 e. The first-order chi connectivity index (χ1) is 11.0. The number of carboxylic acid groups (broad SMARTS) is 1. The van der Waals surface area contributed by atoms with Crippen LogP contribution in [0.3, 0.4) is 0 Å². The lowest BCUT2D eigenvalue weighted by atomic mass is 9.92. The Labute approximate surface area is 143 Å². The Morgan fingerprint density at radius 3 is 2.70 bits per heavy atom. The topological polar surface area (TPSA) is 81.4 Å². The zero-order chi connectivity index (χ0) is 16.6. The minimum atomic E-state index is -0.703. The van der Waals surface area contributed by atoms with Gasteiger partial charge < -0.3 is 10.0 Å². The van der Waals surface area contributed by atoms with Gasteiger partial charge in [0.1, 0.15) is 0 Å². The summed E-state index contributed by atoms with van der Waals surface area (Å²) in [6, 6.07) is 7.47. The van der Waals surface area contributed by atoms with E-state index >= 15 is 0 Å². The monoisotopic (exact) mass is 376 g/mol. The maximum atomic E-state index is 12.2. The second-order valence-corrected chi connectivity index (χ2v) is 7.18. The number of carboxylic acids is 1. The lowest BCUT2D eigenvalue weighted by molar-refractivity contribution is -0.140. The van der Waals surface area contributed by atoms with E-state index in [0.29, 0.717) is 37.4 Å². The van der Waals surface area contributed by atoms with Gasteiger partial charge in [0.25, 0.3) is 0 Å². The summed E-state index contributed by atoms with van der Waals surface area (Å²) in [6.45, 7) is 1.39. The van der Waals surface area contributed by atoms with Crippen LogP contribution in [0.5, 0.6) is 0 Å². The normalized spacial score (nSPS) is 23.0. The third kappa shape index (κ3) is 3.40. The van der Waals surface area contributed by atoms with Crippen molar-refractivity contribution in [1.82, 2.24) is 4.90 Å². The summed E-state index contributed by atoms with van der Waals surface area (Å²) < 4.78 is 0.855. The van der Waals surface area contributed by atoms with E-state index in [4.69, 9.17) is 10.4 Å². The lowest BCUT2D eigenvalue weighted by Crippen LogP contribution is -2.51. The van der Waals surface area contributed by atoms with Crippen LogP contribution in [-0.2, 0) is 16.0 Å². The number of hydrogen-bond acceptors (Lipinski definition) is 3. The number of aliphatic carboxylic acids is 1. The Morgan fingerprint density at radius 1 is 1.39 bits per heavy atom. The standard InChI is InChI=1S/C17H17BrN2O3/c18-15-5-10(7-19)1-2-11(15)3-4-16(21)20-8-12(9-20)13-6-14(13)17(22)23/h1-2,5,12-14H,3-4,6,8-9H2,(H,22,23)/t13-,14+/m0/s1. The van der Waals surface area contributed by atoms with Crippen LogP contribution in [0.1, 0.15) is 24.0 Å². The van der Waals surface area contributed by atoms with Crippen molar-refractivity contribution in [1.29, 1.82) is 5.26 Å². The molecule has 1 saturated heterocycles. The van der Waals surface area contributed by atoms with Gasteiger partial charge in [0.2, 0.25) is 5.91 Å². The second-order valence-electron chi connectivity index (χ2n) is 6.32. The van der Waals surface area contributed by atoms with E-state index in [2.05, 4.69) is 22.0 Å². The number of rotatable bonds is 5. The molecule has 3 rings (SSSR count). The number of likely N-dealkylation sites (tertiary alicyclic amines) is 1. The molecule has 1 aromatic carbocycles. The third-order valence-electron chi connectivity index (χ3n) is 4.82. The maximum Gasteiger partial charge on any atom is 0.306 e. The van der Waals surface area contributed by atoms with Crippen LogP contribution < -0.4 is 0 Å². The fourth-order valence-corrected chi connectivity index (χ4v) is 3.80. The van der Waals surface area contributed by atoms with Crippen molar-refractivity contribution in [2.75, 3.05) is 13.1 Å². The number of nitrogens with zero attached hydrogens (tertiary/aromatic N) is 2. The summed E-state index contributed by atoms with van der Waals surface area (Å²) in [6.07, 6.45) is 1.83. The van der Waals surface area contributed by atoms with Crippen LogP contribution >= 0.6 is 15.9 Å². The predicted octanol–water partition coefficient (Wildman–Crippen LogP) is 2.43. The summed E-state index contributed by atoms with van der Waals surface area (Å²) >= 11 is 3.43. The number of aryl methyl sites for hydroxylation is 1. The van der Waals surface area contributed by atoms with Gasteiger partial charge >= 0.3 is 5.97 Å². The number of carbonyl (C=O) groups excluding carboxylic acids is 1. The highest BCUT2D eigenvalue weighted by Gasteiger charge is 2.51. The molecule has 2 fully saturated rings. The van der Waals surface area contributed by atoms with Gasteiger partial charge in [-0.05, 0) is 42.4 Å². The Hall–Kier alpha value is -1.87. The summed E-state index contributed by atoms with van der Waals surface area (Å²) in [5.74, 6) is -0.145. The highest BCUT2D eigenvalue weighted by atomic mass is 79.9. The van der Waals surface area contributed by atoms with Gasteiger partial charge in [-0.25, -0.2) is 0 Å². The summed E-state index contributed by atoms with van der Waals surface area (Å²) in [7, 11) is 0. The Bertz CT molecular complexity index is 692. The average Bonchev–Trinajstić information content (AvgIpc) is 3.24. The van der Waals surface area contributed by atoms with Crippen molar-refractivity contribution in [2.24, 2.45) is 17.8 Å². The summed E-state index contributed by atoms with van der Waals surface area (Å²) in [5, 5.41) is 17.8. The molecule has 0 unspecified atom stereocenters. The van der Waals surface area contributed by atoms with Crippen LogP contribution in [0.2, 0.25) is 0 Å². The fourth-order valence-electron chi connectivity index (χ4n) is 3.23. The molecule has 0 radical (unpaired) electrons. The van der Waals surface area contributed by atoms with E-state index in [1.165, 1.54) is 0 Å². The molecule has 1 N–H and O–H groups in total. The van der Waals surface area contributed by atoms with Crippen molar-refractivity contribution in [3.8, 4) is 6.07 Å². The van der Waals surface area contributed by atoms with E-state index < -0.39 is 5.97 Å². The molecule has 1 aromatic rings. The van der Waals surface area contributed by atoms with E-state index in [0.717, 1.165) is 16.5 Å². The minimum Gasteiger partial charge on any atom is -0.481 e. The quantitative estimate of drug-likeness (QED) is 0.855. The molecule has 1 aliphatic heterocycles. The van der Waals surface area contributed by atoms with Crippen LogP contribution in [-0.4, -0.2) is 35.0 Å². The highest BCUT2D eigenvalue weighted by Crippen LogP contribution is 2.47. The van der Waals surface area contributed by atoms with Crippen LogP contribution in [0.15, 0.2) is 22.7 Å². The molecule has 1 aliphatic carbocycles. The smallest absolute Gasteiger partial charge is 0.306 e. The molecular formula is C17H17BrN2O3. The molecule has 2 atom stereocenters. The molecular weight excluding hydrogens is 360 g/mol. The molecule has 5 nitrogen and oxygen atoms in total. The minimum absolute atomic E-state index is 0.116. The average molecular weight is 377 g/mol. The van der Waals surface area contributed by atoms with Gasteiger partial charge in [-0.2, -0.15) is 5.26 Å². The molecule has 1 heterocycles. The first kappa shape index (κ1) is 16.0. The first-order valence-corrected chi connectivity index (χ1v) is 8.48. The molecule has 120 valence electrons. The predicted molar refractivity (Wildman–Crippen MR) is 86.5 cm³/mol. The van der Waals surface area contributed by atoms with E-state index in [-0.39, 0.29) is 17.7 Å². The Kier molecular flexibility index (Phi) is 4.40. The summed E-state index contributed by atoms with van der Waals surface area (Å²) in [5.41, 5.74) is 1.61. The van der Waals surface area contributed by atoms with Gasteiger partial charge in [-0.3, -0.25) is 9.59 Å². The first-order valence-electron chi connectivity index (χ1n) is 7.68. The van der Waals surface area contributed by atoms with Gasteiger partial charge in [0, 0.05) is 24.0 Å². The zero-order valence-electron chi connectivity index (χ0n) is 12.5. The molecule has 0 spiro atoms. The van der Waals surface area contributed by atoms with Gasteiger partial charge in [0.15, 0.2) is 0 Å². The van der Waals surface area contributed by atoms with Crippen LogP contribution in [0, 0.1) is 29.1 Å². The fraction of sp³-hybridized carbons (Fsp3) is 0.471. The van der Waals surface area contributed by atoms with Crippen molar-refractivity contribution in [3.05, 3.63) is 33.8 Å². The molecule has 6 heteroatoms. The van der Waals surface area contributed by atoms with Crippen LogP contribution in [0.25, 0.3) is 0 Å². The van der Waals surface area contributed by atoms with Crippen LogP contribution in [0.4, 0.5) is 0 Å². The number of carbonyl (C=O) groups is 2. The molecule has 0 aromatic heterocycles. The second kappa shape index (κ2) is 6.32. The van der Waals surface area contributed by atoms with Crippen molar-refractivity contribution in [3.63, 3.8) is 0 Å². The molecule has 0 bridgehead atoms. The van der Waals surface area contributed by atoms with Crippen molar-refractivity contribution in [2.45, 2.75) is 19.3 Å². The Morgan fingerprint density at radius 2 is 2.13 bits per heavy atom. The molecule has 23 heavy (non-hydrogen) atoms. The highest BCUT2D eigenvalue weighted by molar-refractivity contribution is 9.10. The van der Waals surface area contributed by atoms with E-state index in [1.807, 2.05) is 11.0 Å².